The van der Waals surface area contributed by atoms with Crippen LogP contribution in [0.3, 0.4) is 0 Å². The maximum Gasteiger partial charge on any atom is 0.336 e. The van der Waals surface area contributed by atoms with Crippen LogP contribution in [0.1, 0.15) is 51.3 Å². The molecule has 10 rings (SSSR count). The van der Waals surface area contributed by atoms with Gasteiger partial charge < -0.3 is 13.8 Å². The minimum atomic E-state index is -0.131. The number of nitrogens with zero attached hydrogens (tertiary/aromatic N) is 2. The molecule has 3 aliphatic rings. The van der Waals surface area contributed by atoms with Gasteiger partial charge in [-0.15, -0.1) is 0 Å². The molecule has 0 spiro atoms. The third kappa shape index (κ3) is 2.70. The molecule has 0 unspecified atom stereocenters. The SMILES string of the molecule is CC(C)(C)c1cc2c3c(c1)N1c4ccccc4C(C)(C)c4cccc(c41)B3n1c3oc4ccccc4c3c3cccc-2c31. The molecule has 43 heavy (non-hydrogen) atoms. The monoisotopic (exact) mass is 554 g/mol. The maximum atomic E-state index is 6.80. The van der Waals surface area contributed by atoms with Gasteiger partial charge in [-0.2, -0.15) is 0 Å². The van der Waals surface area contributed by atoms with Crippen LogP contribution < -0.4 is 15.8 Å². The molecular formula is C39H31BN2O. The lowest BCUT2D eigenvalue weighted by Gasteiger charge is -2.48. The van der Waals surface area contributed by atoms with Crippen molar-refractivity contribution in [3.05, 3.63) is 114 Å². The quantitative estimate of drug-likeness (QED) is 0.175. The second-order valence-corrected chi connectivity index (χ2v) is 14.2. The van der Waals surface area contributed by atoms with E-state index in [-0.39, 0.29) is 17.7 Å². The van der Waals surface area contributed by atoms with Crippen LogP contribution >= 0.6 is 0 Å². The van der Waals surface area contributed by atoms with Crippen LogP contribution in [0.15, 0.2) is 101 Å². The summed E-state index contributed by atoms with van der Waals surface area (Å²) in [7, 11) is 0. The molecule has 0 saturated heterocycles. The molecule has 4 heteroatoms. The average Bonchev–Trinajstić information content (AvgIpc) is 3.53. The molecule has 0 atom stereocenters. The second kappa shape index (κ2) is 7.44. The van der Waals surface area contributed by atoms with Crippen molar-refractivity contribution >= 4 is 67.8 Å². The predicted molar refractivity (Wildman–Crippen MR) is 181 cm³/mol. The normalized spacial score (nSPS) is 15.7. The molecule has 5 heterocycles. The Labute approximate surface area is 251 Å². The van der Waals surface area contributed by atoms with Gasteiger partial charge in [-0.3, -0.25) is 0 Å². The first-order chi connectivity index (χ1) is 20.7. The van der Waals surface area contributed by atoms with Crippen LogP contribution in [0.25, 0.3) is 44.1 Å². The Hall–Kier alpha value is -4.70. The fourth-order valence-electron chi connectivity index (χ4n) is 8.47. The lowest BCUT2D eigenvalue weighted by molar-refractivity contribution is 0.590. The molecule has 7 aromatic rings. The molecule has 0 N–H and O–H groups in total. The largest absolute Gasteiger partial charge is 0.441 e. The molecule has 5 aromatic carbocycles. The van der Waals surface area contributed by atoms with E-state index in [1.54, 1.807) is 0 Å². The highest BCUT2D eigenvalue weighted by atomic mass is 16.3. The van der Waals surface area contributed by atoms with Gasteiger partial charge in [-0.1, -0.05) is 113 Å². The van der Waals surface area contributed by atoms with Crippen LogP contribution in [0, 0.1) is 0 Å². The Morgan fingerprint density at radius 3 is 2.33 bits per heavy atom. The number of rotatable bonds is 0. The maximum absolute atomic E-state index is 6.80. The summed E-state index contributed by atoms with van der Waals surface area (Å²) in [6, 6.07) is 36.3. The number of hydrogen-bond acceptors (Lipinski definition) is 2. The molecule has 3 aliphatic heterocycles. The summed E-state index contributed by atoms with van der Waals surface area (Å²) in [6.45, 7) is 11.8. The molecule has 0 aliphatic carbocycles. The number of hydrogen-bond donors (Lipinski definition) is 0. The molecule has 0 saturated carbocycles. The average molecular weight is 555 g/mol. The Balaban J connectivity index is 1.45. The lowest BCUT2D eigenvalue weighted by atomic mass is 9.44. The predicted octanol–water partition coefficient (Wildman–Crippen LogP) is 8.90. The highest BCUT2D eigenvalue weighted by Gasteiger charge is 2.48. The van der Waals surface area contributed by atoms with Crippen molar-refractivity contribution in [2.45, 2.75) is 45.4 Å². The van der Waals surface area contributed by atoms with Gasteiger partial charge in [0.05, 0.1) is 11.1 Å². The molecule has 206 valence electrons. The molecule has 0 amide bonds. The smallest absolute Gasteiger partial charge is 0.336 e. The molecular weight excluding hydrogens is 523 g/mol. The Kier molecular flexibility index (Phi) is 4.12. The summed E-state index contributed by atoms with van der Waals surface area (Å²) in [5.74, 6) is 0. The van der Waals surface area contributed by atoms with Crippen molar-refractivity contribution in [1.82, 2.24) is 4.48 Å². The summed E-state index contributed by atoms with van der Waals surface area (Å²) < 4.78 is 9.33. The number of aromatic nitrogens is 1. The van der Waals surface area contributed by atoms with Crippen molar-refractivity contribution < 1.29 is 4.42 Å². The third-order valence-electron chi connectivity index (χ3n) is 10.5. The third-order valence-corrected chi connectivity index (χ3v) is 10.5. The van der Waals surface area contributed by atoms with E-state index in [9.17, 15) is 0 Å². The summed E-state index contributed by atoms with van der Waals surface area (Å²) in [5.41, 5.74) is 16.4. The van der Waals surface area contributed by atoms with E-state index in [0.717, 1.165) is 11.3 Å². The first-order valence-corrected chi connectivity index (χ1v) is 15.4. The number of anilines is 3. The van der Waals surface area contributed by atoms with E-state index in [1.165, 1.54) is 77.5 Å². The number of fused-ring (bicyclic) bond motifs is 11. The van der Waals surface area contributed by atoms with Crippen LogP contribution in [0.5, 0.6) is 0 Å². The first-order valence-electron chi connectivity index (χ1n) is 15.4. The standard InChI is InChI=1S/C39H31BN2O/c1-38(2,3)22-20-26-23-13-10-14-25-33-24-12-6-9-19-32(24)43-37(33)42(35(23)25)40-29-17-11-16-28-36(29)41(31(21-22)34(26)40)30-18-8-7-15-27(30)39(28,4)5/h6-21H,1-5H3. The second-order valence-electron chi connectivity index (χ2n) is 14.2. The van der Waals surface area contributed by atoms with Crippen molar-refractivity contribution in [2.75, 3.05) is 4.90 Å². The van der Waals surface area contributed by atoms with E-state index in [2.05, 4.69) is 141 Å². The number of benzene rings is 5. The van der Waals surface area contributed by atoms with Gasteiger partial charge in [-0.25, -0.2) is 0 Å². The fraction of sp³-hybridized carbons (Fsp3) is 0.179. The summed E-state index contributed by atoms with van der Waals surface area (Å²) in [6.07, 6.45) is 0. The van der Waals surface area contributed by atoms with E-state index in [4.69, 9.17) is 4.42 Å². The van der Waals surface area contributed by atoms with Crippen LogP contribution in [-0.4, -0.2) is 11.3 Å². The zero-order chi connectivity index (χ0) is 29.0. The minimum absolute atomic E-state index is 0.00161. The summed E-state index contributed by atoms with van der Waals surface area (Å²) in [5, 5.41) is 3.67. The zero-order valence-electron chi connectivity index (χ0n) is 25.1. The van der Waals surface area contributed by atoms with Crippen molar-refractivity contribution in [2.24, 2.45) is 0 Å². The van der Waals surface area contributed by atoms with Crippen LogP contribution in [0.2, 0.25) is 0 Å². The summed E-state index contributed by atoms with van der Waals surface area (Å²) in [4.78, 5) is 2.58. The Bertz CT molecular complexity index is 2380. The highest BCUT2D eigenvalue weighted by molar-refractivity contribution is 6.90. The topological polar surface area (TPSA) is 21.3 Å². The molecule has 3 nitrogen and oxygen atoms in total. The zero-order valence-corrected chi connectivity index (χ0v) is 25.1. The Morgan fingerprint density at radius 1 is 0.721 bits per heavy atom. The van der Waals surface area contributed by atoms with Gasteiger partial charge in [0.15, 0.2) is 5.71 Å². The van der Waals surface area contributed by atoms with Gasteiger partial charge >= 0.3 is 6.85 Å². The van der Waals surface area contributed by atoms with Gasteiger partial charge in [0.25, 0.3) is 0 Å². The van der Waals surface area contributed by atoms with E-state index in [1.807, 2.05) is 0 Å². The lowest BCUT2D eigenvalue weighted by Crippen LogP contribution is -2.58. The van der Waals surface area contributed by atoms with E-state index < -0.39 is 0 Å². The van der Waals surface area contributed by atoms with Gasteiger partial charge in [-0.05, 0) is 56.8 Å². The van der Waals surface area contributed by atoms with Crippen LogP contribution in [0.4, 0.5) is 17.1 Å². The number of furan rings is 1. The fourth-order valence-corrected chi connectivity index (χ4v) is 8.47. The van der Waals surface area contributed by atoms with Crippen LogP contribution in [-0.2, 0) is 10.8 Å². The van der Waals surface area contributed by atoms with Gasteiger partial charge in [0.2, 0.25) is 0 Å². The molecule has 0 bridgehead atoms. The number of para-hydroxylation sites is 4. The summed E-state index contributed by atoms with van der Waals surface area (Å²) >= 11 is 0. The van der Waals surface area contributed by atoms with Crippen molar-refractivity contribution in [3.63, 3.8) is 0 Å². The molecule has 0 radical (unpaired) electrons. The van der Waals surface area contributed by atoms with Crippen molar-refractivity contribution in [1.29, 1.82) is 0 Å². The van der Waals surface area contributed by atoms with E-state index in [0.29, 0.717) is 0 Å². The minimum Gasteiger partial charge on any atom is -0.441 e. The van der Waals surface area contributed by atoms with E-state index >= 15 is 0 Å². The van der Waals surface area contributed by atoms with Gasteiger partial charge in [0.1, 0.15) is 5.58 Å². The Morgan fingerprint density at radius 2 is 1.47 bits per heavy atom. The van der Waals surface area contributed by atoms with Gasteiger partial charge in [0, 0.05) is 38.6 Å². The highest BCUT2D eigenvalue weighted by Crippen LogP contribution is 2.54. The molecule has 0 fully saturated rings. The molecule has 2 aromatic heterocycles. The first kappa shape index (κ1) is 23.8. The van der Waals surface area contributed by atoms with Crippen molar-refractivity contribution in [3.8, 4) is 11.1 Å².